The summed E-state index contributed by atoms with van der Waals surface area (Å²) >= 11 is 0. The zero-order valence-corrected chi connectivity index (χ0v) is 11.8. The molecule has 0 saturated heterocycles. The van der Waals surface area contributed by atoms with E-state index in [9.17, 15) is 0 Å². The van der Waals surface area contributed by atoms with Crippen LogP contribution in [0.1, 0.15) is 65.2 Å². The van der Waals surface area contributed by atoms with E-state index < -0.39 is 0 Å². The molecule has 17 heavy (non-hydrogen) atoms. The van der Waals surface area contributed by atoms with Crippen LogP contribution in [-0.2, 0) is 0 Å². The third-order valence-corrected chi connectivity index (χ3v) is 3.22. The first-order valence-electron chi connectivity index (χ1n) is 7.26. The first-order valence-corrected chi connectivity index (χ1v) is 7.26. The van der Waals surface area contributed by atoms with Gasteiger partial charge >= 0.3 is 0 Å². The minimum absolute atomic E-state index is 0.308. The van der Waals surface area contributed by atoms with E-state index in [2.05, 4.69) is 18.7 Å². The number of unbranched alkanes of at least 4 members (excludes halogenated alkanes) is 6. The highest BCUT2D eigenvalue weighted by Crippen LogP contribution is 2.07. The first-order chi connectivity index (χ1) is 8.20. The van der Waals surface area contributed by atoms with Crippen molar-refractivity contribution in [3.05, 3.63) is 0 Å². The summed E-state index contributed by atoms with van der Waals surface area (Å²) in [4.78, 5) is 2.40. The van der Waals surface area contributed by atoms with Crippen LogP contribution in [0.15, 0.2) is 0 Å². The molecular formula is C14H31N3. The summed E-state index contributed by atoms with van der Waals surface area (Å²) in [7, 11) is 0. The van der Waals surface area contributed by atoms with E-state index in [1.54, 1.807) is 0 Å². The monoisotopic (exact) mass is 241 g/mol. The van der Waals surface area contributed by atoms with Gasteiger partial charge in [0.15, 0.2) is 0 Å². The molecule has 3 heteroatoms. The third kappa shape index (κ3) is 11.7. The van der Waals surface area contributed by atoms with Gasteiger partial charge in [0.05, 0.1) is 5.84 Å². The number of rotatable bonds is 12. The van der Waals surface area contributed by atoms with Crippen molar-refractivity contribution in [2.45, 2.75) is 65.2 Å². The summed E-state index contributed by atoms with van der Waals surface area (Å²) in [5.41, 5.74) is 5.37. The lowest BCUT2D eigenvalue weighted by Gasteiger charge is -2.19. The second-order valence-corrected chi connectivity index (χ2v) is 4.83. The number of hydrogen-bond donors (Lipinski definition) is 2. The van der Waals surface area contributed by atoms with Crippen LogP contribution in [0.2, 0.25) is 0 Å². The third-order valence-electron chi connectivity index (χ3n) is 3.22. The Bertz CT molecular complexity index is 180. The van der Waals surface area contributed by atoms with Gasteiger partial charge in [-0.3, -0.25) is 5.41 Å². The summed E-state index contributed by atoms with van der Waals surface area (Å²) in [6.45, 7) is 7.62. The fourth-order valence-corrected chi connectivity index (χ4v) is 2.00. The van der Waals surface area contributed by atoms with E-state index in [1.807, 2.05) is 0 Å². The van der Waals surface area contributed by atoms with Crippen molar-refractivity contribution in [1.29, 1.82) is 5.41 Å². The fourth-order valence-electron chi connectivity index (χ4n) is 2.00. The molecule has 0 aliphatic carbocycles. The van der Waals surface area contributed by atoms with Crippen molar-refractivity contribution in [2.24, 2.45) is 5.73 Å². The van der Waals surface area contributed by atoms with Gasteiger partial charge in [0.1, 0.15) is 0 Å². The van der Waals surface area contributed by atoms with E-state index in [0.717, 1.165) is 19.6 Å². The Kier molecular flexibility index (Phi) is 11.5. The lowest BCUT2D eigenvalue weighted by atomic mass is 10.1. The number of amidine groups is 1. The molecule has 102 valence electrons. The summed E-state index contributed by atoms with van der Waals surface area (Å²) < 4.78 is 0. The molecule has 0 saturated carbocycles. The Balaban J connectivity index is 3.34. The molecule has 0 aliphatic heterocycles. The van der Waals surface area contributed by atoms with Crippen molar-refractivity contribution >= 4 is 5.84 Å². The van der Waals surface area contributed by atoms with Crippen LogP contribution in [0.4, 0.5) is 0 Å². The van der Waals surface area contributed by atoms with E-state index in [1.165, 1.54) is 44.9 Å². The van der Waals surface area contributed by atoms with Crippen LogP contribution < -0.4 is 5.73 Å². The summed E-state index contributed by atoms with van der Waals surface area (Å²) in [5.74, 6) is 0.308. The number of hydrogen-bond acceptors (Lipinski definition) is 2. The van der Waals surface area contributed by atoms with Crippen LogP contribution in [-0.4, -0.2) is 30.4 Å². The van der Waals surface area contributed by atoms with Gasteiger partial charge in [-0.1, -0.05) is 52.4 Å². The van der Waals surface area contributed by atoms with Crippen LogP contribution >= 0.6 is 0 Å². The molecular weight excluding hydrogens is 210 g/mol. The molecule has 0 rings (SSSR count). The van der Waals surface area contributed by atoms with Crippen molar-refractivity contribution in [1.82, 2.24) is 4.90 Å². The quantitative estimate of drug-likeness (QED) is 0.313. The van der Waals surface area contributed by atoms with Gasteiger partial charge in [-0.25, -0.2) is 0 Å². The minimum atomic E-state index is 0.308. The maximum atomic E-state index is 7.22. The zero-order valence-electron chi connectivity index (χ0n) is 11.8. The molecule has 0 aliphatic rings. The maximum Gasteiger partial charge on any atom is 0.0918 e. The Hall–Kier alpha value is -0.570. The smallest absolute Gasteiger partial charge is 0.0918 e. The molecule has 0 amide bonds. The van der Waals surface area contributed by atoms with Gasteiger partial charge in [-0.2, -0.15) is 0 Å². The summed E-state index contributed by atoms with van der Waals surface area (Å²) in [6, 6.07) is 0. The minimum Gasteiger partial charge on any atom is -0.388 e. The van der Waals surface area contributed by atoms with Gasteiger partial charge in [-0.15, -0.1) is 0 Å². The van der Waals surface area contributed by atoms with Crippen molar-refractivity contribution in [3.63, 3.8) is 0 Å². The Morgan fingerprint density at radius 1 is 0.941 bits per heavy atom. The maximum absolute atomic E-state index is 7.22. The van der Waals surface area contributed by atoms with Crippen molar-refractivity contribution in [2.75, 3.05) is 19.6 Å². The first kappa shape index (κ1) is 16.4. The zero-order chi connectivity index (χ0) is 12.9. The lowest BCUT2D eigenvalue weighted by Crippen LogP contribution is -2.28. The average molecular weight is 241 g/mol. The molecule has 0 spiro atoms. The van der Waals surface area contributed by atoms with Crippen molar-refractivity contribution in [3.8, 4) is 0 Å². The van der Waals surface area contributed by atoms with Gasteiger partial charge < -0.3 is 10.6 Å². The predicted molar refractivity (Wildman–Crippen MR) is 76.6 cm³/mol. The molecule has 0 radical (unpaired) electrons. The second kappa shape index (κ2) is 11.9. The molecule has 0 fully saturated rings. The van der Waals surface area contributed by atoms with Gasteiger partial charge in [0.2, 0.25) is 0 Å². The Morgan fingerprint density at radius 2 is 1.53 bits per heavy atom. The van der Waals surface area contributed by atoms with E-state index >= 15 is 0 Å². The fraction of sp³-hybridized carbons (Fsp3) is 0.929. The normalized spacial score (nSPS) is 11.0. The van der Waals surface area contributed by atoms with E-state index in [0.29, 0.717) is 12.3 Å². The van der Waals surface area contributed by atoms with Crippen molar-refractivity contribution < 1.29 is 0 Å². The average Bonchev–Trinajstić information content (AvgIpc) is 2.31. The van der Waals surface area contributed by atoms with Crippen LogP contribution in [0, 0.1) is 5.41 Å². The molecule has 3 nitrogen and oxygen atoms in total. The molecule has 0 bridgehead atoms. The molecule has 0 unspecified atom stereocenters. The number of nitrogens with zero attached hydrogens (tertiary/aromatic N) is 1. The van der Waals surface area contributed by atoms with Gasteiger partial charge in [0.25, 0.3) is 0 Å². The molecule has 0 aromatic heterocycles. The molecule has 0 atom stereocenters. The van der Waals surface area contributed by atoms with E-state index in [-0.39, 0.29) is 0 Å². The Labute approximate surface area is 107 Å². The van der Waals surface area contributed by atoms with Gasteiger partial charge in [-0.05, 0) is 19.5 Å². The topological polar surface area (TPSA) is 53.1 Å². The number of nitrogens with two attached hydrogens (primary N) is 1. The lowest BCUT2D eigenvalue weighted by molar-refractivity contribution is 0.288. The SMILES string of the molecule is CCCCCCCCCN(CC)CCC(=N)N. The molecule has 3 N–H and O–H groups in total. The highest BCUT2D eigenvalue weighted by molar-refractivity contribution is 5.76. The molecule has 0 aromatic rings. The highest BCUT2D eigenvalue weighted by atomic mass is 15.1. The van der Waals surface area contributed by atoms with Crippen LogP contribution in [0.25, 0.3) is 0 Å². The predicted octanol–water partition coefficient (Wildman–Crippen LogP) is 3.38. The highest BCUT2D eigenvalue weighted by Gasteiger charge is 2.02. The second-order valence-electron chi connectivity index (χ2n) is 4.83. The van der Waals surface area contributed by atoms with Crippen LogP contribution in [0.5, 0.6) is 0 Å². The standard InChI is InChI=1S/C14H31N3/c1-3-5-6-7-8-9-10-12-17(4-2)13-11-14(15)16/h3-13H2,1-2H3,(H3,15,16). The number of nitrogens with one attached hydrogen (secondary N) is 1. The van der Waals surface area contributed by atoms with Gasteiger partial charge in [0, 0.05) is 13.0 Å². The molecule has 0 aromatic carbocycles. The summed E-state index contributed by atoms with van der Waals surface area (Å²) in [5, 5.41) is 7.22. The van der Waals surface area contributed by atoms with Crippen LogP contribution in [0.3, 0.4) is 0 Å². The largest absolute Gasteiger partial charge is 0.388 e. The van der Waals surface area contributed by atoms with E-state index in [4.69, 9.17) is 11.1 Å². The molecule has 0 heterocycles. The summed E-state index contributed by atoms with van der Waals surface area (Å²) in [6.07, 6.45) is 10.2. The Morgan fingerprint density at radius 3 is 2.06 bits per heavy atom.